The Morgan fingerprint density at radius 1 is 1.50 bits per heavy atom. The molecule has 1 fully saturated rings. The van der Waals surface area contributed by atoms with Gasteiger partial charge < -0.3 is 9.84 Å². The van der Waals surface area contributed by atoms with Crippen LogP contribution in [-0.2, 0) is 4.74 Å². The molecule has 2 rings (SSSR count). The molecule has 3 nitrogen and oxygen atoms in total. The minimum absolute atomic E-state index is 0.553. The first kappa shape index (κ1) is 12.1. The van der Waals surface area contributed by atoms with Crippen LogP contribution in [0.15, 0.2) is 15.9 Å². The number of rotatable bonds is 2. The van der Waals surface area contributed by atoms with Crippen LogP contribution >= 0.6 is 27.3 Å². The van der Waals surface area contributed by atoms with Crippen molar-refractivity contribution in [2.45, 2.75) is 18.9 Å². The maximum atomic E-state index is 10.3. The third-order valence-electron chi connectivity index (χ3n) is 2.99. The van der Waals surface area contributed by atoms with Gasteiger partial charge in [0.25, 0.3) is 0 Å². The lowest BCUT2D eigenvalue weighted by molar-refractivity contribution is -0.0295. The number of aliphatic hydroxyl groups excluding tert-OH is 1. The van der Waals surface area contributed by atoms with Gasteiger partial charge in [0, 0.05) is 18.1 Å². The first-order valence-electron chi connectivity index (χ1n) is 5.10. The van der Waals surface area contributed by atoms with Crippen LogP contribution in [0.5, 0.6) is 0 Å². The summed E-state index contributed by atoms with van der Waals surface area (Å²) in [4.78, 5) is 0.843. The molecule has 5 heteroatoms. The van der Waals surface area contributed by atoms with Crippen molar-refractivity contribution in [1.29, 1.82) is 5.26 Å². The van der Waals surface area contributed by atoms with Gasteiger partial charge in [0.1, 0.15) is 6.10 Å². The Morgan fingerprint density at radius 2 is 2.19 bits per heavy atom. The van der Waals surface area contributed by atoms with Crippen LogP contribution in [0.3, 0.4) is 0 Å². The predicted octanol–water partition coefficient (Wildman–Crippen LogP) is 2.86. The highest BCUT2D eigenvalue weighted by atomic mass is 79.9. The molecule has 1 N–H and O–H groups in total. The van der Waals surface area contributed by atoms with E-state index in [0.717, 1.165) is 8.66 Å². The van der Waals surface area contributed by atoms with E-state index in [0.29, 0.717) is 26.1 Å². The second-order valence-electron chi connectivity index (χ2n) is 3.92. The number of halogens is 1. The molecule has 1 unspecified atom stereocenters. The van der Waals surface area contributed by atoms with Gasteiger partial charge in [-0.25, -0.2) is 0 Å². The van der Waals surface area contributed by atoms with Gasteiger partial charge in [0.15, 0.2) is 0 Å². The Balaban J connectivity index is 2.24. The molecule has 1 saturated heterocycles. The molecule has 0 saturated carbocycles. The third kappa shape index (κ3) is 2.16. The lowest BCUT2D eigenvalue weighted by atomic mass is 9.76. The van der Waals surface area contributed by atoms with Gasteiger partial charge in [-0.1, -0.05) is 0 Å². The van der Waals surface area contributed by atoms with Crippen LogP contribution in [-0.4, -0.2) is 18.3 Å². The molecule has 1 atom stereocenters. The lowest BCUT2D eigenvalue weighted by Crippen LogP contribution is -2.33. The zero-order valence-electron chi connectivity index (χ0n) is 8.65. The minimum atomic E-state index is -0.710. The number of hydrogen-bond donors (Lipinski definition) is 1. The zero-order valence-corrected chi connectivity index (χ0v) is 11.1. The van der Waals surface area contributed by atoms with E-state index in [1.807, 2.05) is 12.1 Å². The smallest absolute Gasteiger partial charge is 0.107 e. The van der Waals surface area contributed by atoms with Crippen molar-refractivity contribution >= 4 is 27.3 Å². The summed E-state index contributed by atoms with van der Waals surface area (Å²) in [7, 11) is 0. The third-order valence-corrected chi connectivity index (χ3v) is 4.67. The van der Waals surface area contributed by atoms with Crippen LogP contribution in [0.2, 0.25) is 0 Å². The van der Waals surface area contributed by atoms with E-state index < -0.39 is 11.5 Å². The van der Waals surface area contributed by atoms with Gasteiger partial charge in [0.05, 0.1) is 15.3 Å². The van der Waals surface area contributed by atoms with E-state index in [2.05, 4.69) is 22.0 Å². The van der Waals surface area contributed by atoms with E-state index in [1.165, 1.54) is 11.3 Å². The number of nitrogens with zero attached hydrogens (tertiary/aromatic N) is 1. The Hall–Kier alpha value is -0.410. The molecular formula is C11H12BrNO2S. The molecule has 1 aromatic rings. The maximum Gasteiger partial charge on any atom is 0.107 e. The molecule has 0 spiro atoms. The predicted molar refractivity (Wildman–Crippen MR) is 65.1 cm³/mol. The zero-order chi connectivity index (χ0) is 11.6. The molecule has 0 aromatic carbocycles. The van der Waals surface area contributed by atoms with Crippen molar-refractivity contribution in [2.75, 3.05) is 13.2 Å². The van der Waals surface area contributed by atoms with E-state index >= 15 is 0 Å². The largest absolute Gasteiger partial charge is 0.386 e. The Kier molecular flexibility index (Phi) is 3.65. The number of hydrogen-bond acceptors (Lipinski definition) is 4. The molecule has 0 radical (unpaired) electrons. The average molecular weight is 302 g/mol. The van der Waals surface area contributed by atoms with Crippen LogP contribution in [0.4, 0.5) is 0 Å². The molecule has 1 aromatic heterocycles. The van der Waals surface area contributed by atoms with Crippen LogP contribution in [0, 0.1) is 16.7 Å². The highest BCUT2D eigenvalue weighted by Crippen LogP contribution is 2.44. The topological polar surface area (TPSA) is 53.2 Å². The molecule has 0 amide bonds. The normalized spacial score (nSPS) is 21.3. The van der Waals surface area contributed by atoms with E-state index in [1.54, 1.807) is 0 Å². The van der Waals surface area contributed by atoms with E-state index in [4.69, 9.17) is 4.74 Å². The van der Waals surface area contributed by atoms with Gasteiger partial charge in [0.2, 0.25) is 0 Å². The first-order chi connectivity index (χ1) is 7.68. The summed E-state index contributed by atoms with van der Waals surface area (Å²) >= 11 is 4.84. The van der Waals surface area contributed by atoms with E-state index in [-0.39, 0.29) is 0 Å². The monoisotopic (exact) mass is 301 g/mol. The fourth-order valence-electron chi connectivity index (χ4n) is 1.93. The molecule has 0 bridgehead atoms. The summed E-state index contributed by atoms with van der Waals surface area (Å²) in [5.41, 5.74) is -0.678. The Morgan fingerprint density at radius 3 is 2.69 bits per heavy atom. The Labute approximate surface area is 107 Å². The minimum Gasteiger partial charge on any atom is -0.386 e. The first-order valence-corrected chi connectivity index (χ1v) is 6.71. The standard InChI is InChI=1S/C11H12BrNO2S/c12-9-2-1-8(16-9)10(14)11(7-13)3-5-15-6-4-11/h1-2,10,14H,3-6H2. The summed E-state index contributed by atoms with van der Waals surface area (Å²) in [5.74, 6) is 0. The SMILES string of the molecule is N#CC1(C(O)c2ccc(Br)s2)CCOCC1. The maximum absolute atomic E-state index is 10.3. The van der Waals surface area contributed by atoms with Gasteiger partial charge in [-0.15, -0.1) is 11.3 Å². The van der Waals surface area contributed by atoms with Gasteiger partial charge in [-0.05, 0) is 40.9 Å². The molecule has 2 heterocycles. The highest BCUT2D eigenvalue weighted by molar-refractivity contribution is 9.11. The van der Waals surface area contributed by atoms with Crippen molar-refractivity contribution in [2.24, 2.45) is 5.41 Å². The second kappa shape index (κ2) is 4.84. The summed E-state index contributed by atoms with van der Waals surface area (Å²) in [6.45, 7) is 1.11. The van der Waals surface area contributed by atoms with Crippen molar-refractivity contribution in [3.63, 3.8) is 0 Å². The quantitative estimate of drug-likeness (QED) is 0.914. The number of thiophene rings is 1. The summed E-state index contributed by atoms with van der Waals surface area (Å²) < 4.78 is 6.22. The van der Waals surface area contributed by atoms with Crippen LogP contribution in [0.25, 0.3) is 0 Å². The number of aliphatic hydroxyl groups is 1. The fraction of sp³-hybridized carbons (Fsp3) is 0.545. The van der Waals surface area contributed by atoms with Gasteiger partial charge in [-0.2, -0.15) is 5.26 Å². The molecule has 0 aliphatic carbocycles. The lowest BCUT2D eigenvalue weighted by Gasteiger charge is -2.34. The average Bonchev–Trinajstić information content (AvgIpc) is 2.76. The van der Waals surface area contributed by atoms with Crippen molar-refractivity contribution in [1.82, 2.24) is 0 Å². The van der Waals surface area contributed by atoms with Gasteiger partial charge in [-0.3, -0.25) is 0 Å². The summed E-state index contributed by atoms with van der Waals surface area (Å²) in [6, 6.07) is 6.05. The molecule has 86 valence electrons. The van der Waals surface area contributed by atoms with Crippen molar-refractivity contribution in [3.05, 3.63) is 20.8 Å². The van der Waals surface area contributed by atoms with Crippen LogP contribution in [0.1, 0.15) is 23.8 Å². The second-order valence-corrected chi connectivity index (χ2v) is 6.42. The molecular weight excluding hydrogens is 290 g/mol. The molecule has 1 aliphatic rings. The summed E-state index contributed by atoms with van der Waals surface area (Å²) in [6.07, 6.45) is 0.484. The highest BCUT2D eigenvalue weighted by Gasteiger charge is 2.41. The van der Waals surface area contributed by atoms with E-state index in [9.17, 15) is 10.4 Å². The molecule has 1 aliphatic heterocycles. The van der Waals surface area contributed by atoms with Crippen LogP contribution < -0.4 is 0 Å². The van der Waals surface area contributed by atoms with Gasteiger partial charge >= 0.3 is 0 Å². The number of ether oxygens (including phenoxy) is 1. The van der Waals surface area contributed by atoms with Crippen molar-refractivity contribution < 1.29 is 9.84 Å². The fourth-order valence-corrected chi connectivity index (χ4v) is 3.46. The summed E-state index contributed by atoms with van der Waals surface area (Å²) in [5, 5.41) is 19.6. The molecule has 16 heavy (non-hydrogen) atoms. The Bertz CT molecular complexity index is 406. The van der Waals surface area contributed by atoms with Crippen molar-refractivity contribution in [3.8, 4) is 6.07 Å². The number of nitriles is 1.